The molecule has 0 heterocycles. The molecular formula is C9H11ClFNO2. The summed E-state index contributed by atoms with van der Waals surface area (Å²) in [5.74, 6) is -1.42. The summed E-state index contributed by atoms with van der Waals surface area (Å²) in [6.07, 6.45) is -0.820. The number of aromatic hydroxyl groups is 1. The quantitative estimate of drug-likeness (QED) is 0.723. The first-order valence-corrected chi connectivity index (χ1v) is 4.50. The van der Waals surface area contributed by atoms with Crippen molar-refractivity contribution in [2.24, 2.45) is 5.73 Å². The van der Waals surface area contributed by atoms with Crippen molar-refractivity contribution < 1.29 is 14.6 Å². The van der Waals surface area contributed by atoms with Crippen molar-refractivity contribution in [3.05, 3.63) is 28.5 Å². The highest BCUT2D eigenvalue weighted by atomic mass is 35.5. The molecule has 0 radical (unpaired) electrons. The Labute approximate surface area is 85.9 Å². The topological polar surface area (TPSA) is 66.5 Å². The van der Waals surface area contributed by atoms with E-state index in [0.717, 1.165) is 6.07 Å². The van der Waals surface area contributed by atoms with Crippen LogP contribution in [0.1, 0.15) is 18.1 Å². The van der Waals surface area contributed by atoms with E-state index < -0.39 is 17.7 Å². The van der Waals surface area contributed by atoms with Crippen LogP contribution in [0.25, 0.3) is 0 Å². The summed E-state index contributed by atoms with van der Waals surface area (Å²) in [5.41, 5.74) is 5.22. The number of hydrogen-bond donors (Lipinski definition) is 3. The van der Waals surface area contributed by atoms with Gasteiger partial charge in [-0.1, -0.05) is 11.6 Å². The molecule has 0 bridgehead atoms. The number of phenolic OH excluding ortho intramolecular Hbond substituents is 1. The van der Waals surface area contributed by atoms with Gasteiger partial charge in [0.1, 0.15) is 0 Å². The van der Waals surface area contributed by atoms with Gasteiger partial charge in [0.25, 0.3) is 0 Å². The van der Waals surface area contributed by atoms with Crippen LogP contribution < -0.4 is 5.73 Å². The van der Waals surface area contributed by atoms with Crippen LogP contribution in [0.3, 0.4) is 0 Å². The number of nitrogens with two attached hydrogens (primary N) is 1. The maximum Gasteiger partial charge on any atom is 0.165 e. The van der Waals surface area contributed by atoms with Crippen molar-refractivity contribution in [3.8, 4) is 5.75 Å². The molecule has 0 spiro atoms. The molecule has 0 aliphatic carbocycles. The summed E-state index contributed by atoms with van der Waals surface area (Å²) >= 11 is 5.70. The first-order chi connectivity index (χ1) is 6.57. The molecule has 3 nitrogen and oxygen atoms in total. The van der Waals surface area contributed by atoms with Crippen molar-refractivity contribution >= 4 is 11.6 Å². The Kier molecular flexibility index (Phi) is 3.69. The molecule has 1 unspecified atom stereocenters. The molecule has 0 aliphatic heterocycles. The van der Waals surface area contributed by atoms with Crippen LogP contribution in [0.4, 0.5) is 4.39 Å². The fourth-order valence-electron chi connectivity index (χ4n) is 1.18. The predicted molar refractivity (Wildman–Crippen MR) is 51.7 cm³/mol. The number of rotatable bonds is 3. The molecule has 14 heavy (non-hydrogen) atoms. The third-order valence-electron chi connectivity index (χ3n) is 1.89. The summed E-state index contributed by atoms with van der Waals surface area (Å²) in [6.45, 7) is 0.230. The first-order valence-electron chi connectivity index (χ1n) is 4.13. The van der Waals surface area contributed by atoms with Gasteiger partial charge in [-0.25, -0.2) is 4.39 Å². The second kappa shape index (κ2) is 4.59. The lowest BCUT2D eigenvalue weighted by Gasteiger charge is -2.13. The van der Waals surface area contributed by atoms with Gasteiger partial charge in [0, 0.05) is 5.56 Å². The highest BCUT2D eigenvalue weighted by Crippen LogP contribution is 2.34. The fraction of sp³-hybridized carbons (Fsp3) is 0.333. The molecular weight excluding hydrogens is 209 g/mol. The zero-order valence-electron chi connectivity index (χ0n) is 7.37. The smallest absolute Gasteiger partial charge is 0.165 e. The Balaban J connectivity index is 3.11. The van der Waals surface area contributed by atoms with E-state index in [0.29, 0.717) is 0 Å². The van der Waals surface area contributed by atoms with Crippen LogP contribution in [-0.2, 0) is 0 Å². The van der Waals surface area contributed by atoms with E-state index in [1.807, 2.05) is 0 Å². The number of hydrogen-bond acceptors (Lipinski definition) is 3. The molecule has 78 valence electrons. The Bertz CT molecular complexity index is 333. The molecule has 0 saturated carbocycles. The van der Waals surface area contributed by atoms with Gasteiger partial charge in [0.2, 0.25) is 0 Å². The van der Waals surface area contributed by atoms with E-state index in [4.69, 9.17) is 17.3 Å². The van der Waals surface area contributed by atoms with E-state index >= 15 is 0 Å². The van der Waals surface area contributed by atoms with Crippen molar-refractivity contribution in [2.75, 3.05) is 6.54 Å². The average Bonchev–Trinajstić information content (AvgIpc) is 2.13. The number of phenols is 1. The van der Waals surface area contributed by atoms with Crippen LogP contribution >= 0.6 is 11.6 Å². The van der Waals surface area contributed by atoms with Gasteiger partial charge in [0.05, 0.1) is 11.1 Å². The zero-order chi connectivity index (χ0) is 10.7. The van der Waals surface area contributed by atoms with Crippen LogP contribution in [0, 0.1) is 5.82 Å². The Morgan fingerprint density at radius 1 is 1.50 bits per heavy atom. The Hall–Kier alpha value is -0.840. The summed E-state index contributed by atoms with van der Waals surface area (Å²) in [5, 5.41) is 19.0. The van der Waals surface area contributed by atoms with Crippen molar-refractivity contribution in [1.29, 1.82) is 0 Å². The average molecular weight is 220 g/mol. The standard InChI is InChI=1S/C9H11ClFNO2/c10-5-1-2-6(11)9(14)8(5)7(13)3-4-12/h1-2,7,13-14H,3-4,12H2. The molecule has 1 aromatic rings. The highest BCUT2D eigenvalue weighted by Gasteiger charge is 2.18. The van der Waals surface area contributed by atoms with E-state index in [1.54, 1.807) is 0 Å². The first kappa shape index (κ1) is 11.2. The lowest BCUT2D eigenvalue weighted by molar-refractivity contribution is 0.165. The molecule has 0 amide bonds. The molecule has 1 rings (SSSR count). The largest absolute Gasteiger partial charge is 0.505 e. The molecule has 0 aliphatic rings. The summed E-state index contributed by atoms with van der Waals surface area (Å²) in [7, 11) is 0. The van der Waals surface area contributed by atoms with Gasteiger partial charge in [-0.2, -0.15) is 0 Å². The number of halogens is 2. The summed E-state index contributed by atoms with van der Waals surface area (Å²) in [6, 6.07) is 2.32. The van der Waals surface area contributed by atoms with Gasteiger partial charge in [0.15, 0.2) is 11.6 Å². The Morgan fingerprint density at radius 2 is 2.14 bits per heavy atom. The summed E-state index contributed by atoms with van der Waals surface area (Å²) in [4.78, 5) is 0. The number of benzene rings is 1. The predicted octanol–water partition coefficient (Wildman–Crippen LogP) is 1.57. The normalized spacial score (nSPS) is 12.9. The zero-order valence-corrected chi connectivity index (χ0v) is 8.13. The SMILES string of the molecule is NCCC(O)c1c(Cl)ccc(F)c1O. The van der Waals surface area contributed by atoms with E-state index in [-0.39, 0.29) is 23.6 Å². The maximum absolute atomic E-state index is 12.9. The Morgan fingerprint density at radius 3 is 2.71 bits per heavy atom. The van der Waals surface area contributed by atoms with Crippen molar-refractivity contribution in [2.45, 2.75) is 12.5 Å². The molecule has 1 atom stereocenters. The monoisotopic (exact) mass is 219 g/mol. The molecule has 0 aromatic heterocycles. The van der Waals surface area contributed by atoms with Gasteiger partial charge in [-0.15, -0.1) is 0 Å². The molecule has 4 N–H and O–H groups in total. The third kappa shape index (κ3) is 2.15. The third-order valence-corrected chi connectivity index (χ3v) is 2.22. The molecule has 0 fully saturated rings. The van der Waals surface area contributed by atoms with Gasteiger partial charge in [-0.3, -0.25) is 0 Å². The molecule has 5 heteroatoms. The van der Waals surface area contributed by atoms with Crippen molar-refractivity contribution in [3.63, 3.8) is 0 Å². The minimum atomic E-state index is -1.04. The fourth-order valence-corrected chi connectivity index (χ4v) is 1.45. The van der Waals surface area contributed by atoms with E-state index in [2.05, 4.69) is 0 Å². The molecule has 0 saturated heterocycles. The summed E-state index contributed by atoms with van der Waals surface area (Å²) < 4.78 is 12.9. The lowest BCUT2D eigenvalue weighted by Crippen LogP contribution is -2.07. The van der Waals surface area contributed by atoms with Gasteiger partial charge < -0.3 is 15.9 Å². The lowest BCUT2D eigenvalue weighted by atomic mass is 10.1. The second-order valence-electron chi connectivity index (χ2n) is 2.88. The second-order valence-corrected chi connectivity index (χ2v) is 3.29. The minimum absolute atomic E-state index is 0.00267. The van der Waals surface area contributed by atoms with E-state index in [9.17, 15) is 14.6 Å². The van der Waals surface area contributed by atoms with Gasteiger partial charge in [-0.05, 0) is 25.1 Å². The van der Waals surface area contributed by atoms with Crippen molar-refractivity contribution in [1.82, 2.24) is 0 Å². The van der Waals surface area contributed by atoms with E-state index in [1.165, 1.54) is 6.07 Å². The van der Waals surface area contributed by atoms with Crippen LogP contribution in [-0.4, -0.2) is 16.8 Å². The maximum atomic E-state index is 12.9. The highest BCUT2D eigenvalue weighted by molar-refractivity contribution is 6.31. The molecule has 1 aromatic carbocycles. The number of aliphatic hydroxyl groups excluding tert-OH is 1. The van der Waals surface area contributed by atoms with Crippen LogP contribution in [0.15, 0.2) is 12.1 Å². The minimum Gasteiger partial charge on any atom is -0.505 e. The van der Waals surface area contributed by atoms with Crippen LogP contribution in [0.5, 0.6) is 5.75 Å². The van der Waals surface area contributed by atoms with Crippen LogP contribution in [0.2, 0.25) is 5.02 Å². The van der Waals surface area contributed by atoms with Gasteiger partial charge >= 0.3 is 0 Å². The number of aliphatic hydroxyl groups is 1.